The number of carbonyl (C=O) groups excluding carboxylic acids is 1. The summed E-state index contributed by atoms with van der Waals surface area (Å²) in [6.07, 6.45) is 3.75. The average Bonchev–Trinajstić information content (AvgIpc) is 2.71. The molecule has 1 fully saturated rings. The van der Waals surface area contributed by atoms with Gasteiger partial charge in [0.2, 0.25) is 5.91 Å². The summed E-state index contributed by atoms with van der Waals surface area (Å²) in [5.74, 6) is 0.0101. The Balaban J connectivity index is 1.78. The molecule has 112 valence electrons. The third-order valence-corrected chi connectivity index (χ3v) is 3.75. The number of anilines is 1. The van der Waals surface area contributed by atoms with Gasteiger partial charge in [0.25, 0.3) is 0 Å². The number of H-pyrrole nitrogens is 1. The van der Waals surface area contributed by atoms with E-state index >= 15 is 0 Å². The van der Waals surface area contributed by atoms with E-state index in [1.165, 1.54) is 19.3 Å². The normalized spacial score (nSPS) is 19.3. The predicted octanol–water partition coefficient (Wildman–Crippen LogP) is 1.04. The molecule has 0 aliphatic carbocycles. The van der Waals surface area contributed by atoms with Crippen molar-refractivity contribution < 1.29 is 4.79 Å². The fourth-order valence-electron chi connectivity index (χ4n) is 2.68. The number of carbonyl (C=O) groups is 1. The minimum absolute atomic E-state index is 0.0101. The average molecular weight is 279 g/mol. The number of aryl methyl sites for hydroxylation is 2. The lowest BCUT2D eigenvalue weighted by Crippen LogP contribution is -2.44. The van der Waals surface area contributed by atoms with Gasteiger partial charge in [0.15, 0.2) is 0 Å². The van der Waals surface area contributed by atoms with E-state index in [2.05, 4.69) is 25.7 Å². The summed E-state index contributed by atoms with van der Waals surface area (Å²) < 4.78 is 0. The molecule has 20 heavy (non-hydrogen) atoms. The van der Waals surface area contributed by atoms with Gasteiger partial charge in [0, 0.05) is 12.6 Å². The first-order valence-electron chi connectivity index (χ1n) is 7.29. The molecule has 1 aromatic rings. The summed E-state index contributed by atoms with van der Waals surface area (Å²) in [4.78, 5) is 14.1. The highest BCUT2D eigenvalue weighted by atomic mass is 16.2. The predicted molar refractivity (Wildman–Crippen MR) is 79.8 cm³/mol. The van der Waals surface area contributed by atoms with Gasteiger partial charge < -0.3 is 10.6 Å². The number of rotatable bonds is 5. The van der Waals surface area contributed by atoms with Gasteiger partial charge in [-0.25, -0.2) is 0 Å². The molecule has 1 unspecified atom stereocenters. The van der Waals surface area contributed by atoms with E-state index in [9.17, 15) is 4.79 Å². The SMILES string of the molecule is Cc1n[nH]c(C)c1NC(=O)CN(C)CC1CCCCN1. The molecule has 0 saturated carbocycles. The first kappa shape index (κ1) is 15.0. The molecule has 0 bridgehead atoms. The first-order chi connectivity index (χ1) is 9.56. The van der Waals surface area contributed by atoms with Crippen molar-refractivity contribution >= 4 is 11.6 Å². The van der Waals surface area contributed by atoms with E-state index in [4.69, 9.17) is 0 Å². The Morgan fingerprint density at radius 3 is 2.85 bits per heavy atom. The van der Waals surface area contributed by atoms with Gasteiger partial charge in [-0.1, -0.05) is 6.42 Å². The number of aromatic nitrogens is 2. The van der Waals surface area contributed by atoms with Crippen molar-refractivity contribution in [3.8, 4) is 0 Å². The number of likely N-dealkylation sites (N-methyl/N-ethyl adjacent to an activating group) is 1. The third-order valence-electron chi connectivity index (χ3n) is 3.75. The van der Waals surface area contributed by atoms with Crippen LogP contribution in [0, 0.1) is 13.8 Å². The number of nitrogens with zero attached hydrogens (tertiary/aromatic N) is 2. The van der Waals surface area contributed by atoms with Crippen LogP contribution in [0.25, 0.3) is 0 Å². The zero-order valence-corrected chi connectivity index (χ0v) is 12.6. The van der Waals surface area contributed by atoms with E-state index in [-0.39, 0.29) is 5.91 Å². The first-order valence-corrected chi connectivity index (χ1v) is 7.29. The molecule has 6 nitrogen and oxygen atoms in total. The fourth-order valence-corrected chi connectivity index (χ4v) is 2.68. The van der Waals surface area contributed by atoms with E-state index in [1.54, 1.807) is 0 Å². The van der Waals surface area contributed by atoms with E-state index in [0.717, 1.165) is 30.2 Å². The molecule has 1 aliphatic rings. The molecule has 1 aliphatic heterocycles. The monoisotopic (exact) mass is 279 g/mol. The Bertz CT molecular complexity index is 431. The van der Waals surface area contributed by atoms with Crippen molar-refractivity contribution in [2.45, 2.75) is 39.2 Å². The molecule has 1 amide bonds. The van der Waals surface area contributed by atoms with Crippen LogP contribution in [0.1, 0.15) is 30.7 Å². The maximum atomic E-state index is 12.1. The number of nitrogens with one attached hydrogen (secondary N) is 3. The van der Waals surface area contributed by atoms with Crippen molar-refractivity contribution in [1.29, 1.82) is 0 Å². The lowest BCUT2D eigenvalue weighted by Gasteiger charge is -2.27. The fraction of sp³-hybridized carbons (Fsp3) is 0.714. The summed E-state index contributed by atoms with van der Waals surface area (Å²) in [7, 11) is 1.99. The second kappa shape index (κ2) is 6.85. The van der Waals surface area contributed by atoms with Crippen LogP contribution in [-0.4, -0.2) is 53.7 Å². The van der Waals surface area contributed by atoms with Gasteiger partial charge in [-0.05, 0) is 40.3 Å². The maximum absolute atomic E-state index is 12.1. The van der Waals surface area contributed by atoms with Crippen molar-refractivity contribution in [3.63, 3.8) is 0 Å². The van der Waals surface area contributed by atoms with Crippen LogP contribution in [0.15, 0.2) is 0 Å². The third kappa shape index (κ3) is 4.05. The number of hydrogen-bond donors (Lipinski definition) is 3. The molecule has 1 aromatic heterocycles. The van der Waals surface area contributed by atoms with Crippen molar-refractivity contribution in [3.05, 3.63) is 11.4 Å². The summed E-state index contributed by atoms with van der Waals surface area (Å²) in [6, 6.07) is 0.513. The largest absolute Gasteiger partial charge is 0.322 e. The quantitative estimate of drug-likeness (QED) is 0.753. The second-order valence-electron chi connectivity index (χ2n) is 5.70. The molecule has 2 rings (SSSR count). The van der Waals surface area contributed by atoms with Crippen LogP contribution in [-0.2, 0) is 4.79 Å². The minimum atomic E-state index is 0.0101. The number of amides is 1. The summed E-state index contributed by atoms with van der Waals surface area (Å²) in [6.45, 7) is 6.21. The molecular weight excluding hydrogens is 254 g/mol. The van der Waals surface area contributed by atoms with Crippen LogP contribution >= 0.6 is 0 Å². The Morgan fingerprint density at radius 2 is 2.25 bits per heavy atom. The van der Waals surface area contributed by atoms with Crippen LogP contribution in [0.5, 0.6) is 0 Å². The van der Waals surface area contributed by atoms with Gasteiger partial charge in [0.1, 0.15) is 0 Å². The summed E-state index contributed by atoms with van der Waals surface area (Å²) >= 11 is 0. The minimum Gasteiger partial charge on any atom is -0.322 e. The van der Waals surface area contributed by atoms with Gasteiger partial charge >= 0.3 is 0 Å². The second-order valence-corrected chi connectivity index (χ2v) is 5.70. The van der Waals surface area contributed by atoms with Crippen LogP contribution in [0.4, 0.5) is 5.69 Å². The summed E-state index contributed by atoms with van der Waals surface area (Å²) in [5.41, 5.74) is 2.53. The topological polar surface area (TPSA) is 73.0 Å². The standard InChI is InChI=1S/C14H25N5O/c1-10-14(11(2)18-17-10)16-13(20)9-19(3)8-12-6-4-5-7-15-12/h12,15H,4-9H2,1-3H3,(H,16,20)(H,17,18). The van der Waals surface area contributed by atoms with Crippen LogP contribution < -0.4 is 10.6 Å². The summed E-state index contributed by atoms with van der Waals surface area (Å²) in [5, 5.41) is 13.4. The maximum Gasteiger partial charge on any atom is 0.238 e. The zero-order valence-electron chi connectivity index (χ0n) is 12.6. The van der Waals surface area contributed by atoms with Gasteiger partial charge in [0.05, 0.1) is 23.6 Å². The van der Waals surface area contributed by atoms with Crippen molar-refractivity contribution in [1.82, 2.24) is 20.4 Å². The molecule has 2 heterocycles. The van der Waals surface area contributed by atoms with Gasteiger partial charge in [-0.15, -0.1) is 0 Å². The van der Waals surface area contributed by atoms with Crippen LogP contribution in [0.2, 0.25) is 0 Å². The Morgan fingerprint density at radius 1 is 1.45 bits per heavy atom. The highest BCUT2D eigenvalue weighted by molar-refractivity contribution is 5.93. The van der Waals surface area contributed by atoms with E-state index in [1.807, 2.05) is 20.9 Å². The van der Waals surface area contributed by atoms with E-state index < -0.39 is 0 Å². The number of hydrogen-bond acceptors (Lipinski definition) is 4. The molecule has 3 N–H and O–H groups in total. The molecule has 0 radical (unpaired) electrons. The smallest absolute Gasteiger partial charge is 0.238 e. The highest BCUT2D eigenvalue weighted by Crippen LogP contribution is 2.15. The van der Waals surface area contributed by atoms with Crippen molar-refractivity contribution in [2.24, 2.45) is 0 Å². The molecule has 1 atom stereocenters. The zero-order chi connectivity index (χ0) is 14.5. The molecular formula is C14H25N5O. The lowest BCUT2D eigenvalue weighted by molar-refractivity contribution is -0.117. The molecule has 0 spiro atoms. The number of piperidine rings is 1. The number of aromatic amines is 1. The Hall–Kier alpha value is -1.40. The molecule has 6 heteroatoms. The highest BCUT2D eigenvalue weighted by Gasteiger charge is 2.17. The Labute approximate surface area is 120 Å². The van der Waals surface area contributed by atoms with Crippen molar-refractivity contribution in [2.75, 3.05) is 32.0 Å². The van der Waals surface area contributed by atoms with E-state index in [0.29, 0.717) is 12.6 Å². The Kier molecular flexibility index (Phi) is 5.14. The van der Waals surface area contributed by atoms with Gasteiger partial charge in [-0.3, -0.25) is 14.8 Å². The van der Waals surface area contributed by atoms with Crippen LogP contribution in [0.3, 0.4) is 0 Å². The lowest BCUT2D eigenvalue weighted by atomic mass is 10.0. The van der Waals surface area contributed by atoms with Gasteiger partial charge in [-0.2, -0.15) is 5.10 Å². The molecule has 1 saturated heterocycles. The molecule has 0 aromatic carbocycles.